The van der Waals surface area contributed by atoms with Gasteiger partial charge in [-0.3, -0.25) is 18.9 Å². The van der Waals surface area contributed by atoms with Crippen molar-refractivity contribution in [3.05, 3.63) is 33.7 Å². The lowest BCUT2D eigenvalue weighted by Gasteiger charge is -2.29. The standard InChI is InChI=1S/C15H18N4O3S/c1-17-5-10-6-18(7-11(17)9-22-8-10)13(20)12-4-16-15-19(14(12)21)2-3-23-15/h2-4,10-11H,5-9H2,1H3/t10-,11+/m1/s1. The molecule has 0 radical (unpaired) electrons. The van der Waals surface area contributed by atoms with Crippen molar-refractivity contribution in [3.8, 4) is 0 Å². The molecule has 7 nitrogen and oxygen atoms in total. The van der Waals surface area contributed by atoms with Crippen LogP contribution < -0.4 is 5.56 Å². The zero-order valence-corrected chi connectivity index (χ0v) is 13.7. The van der Waals surface area contributed by atoms with Gasteiger partial charge in [0.2, 0.25) is 0 Å². The minimum absolute atomic E-state index is 0.143. The predicted octanol–water partition coefficient (Wildman–Crippen LogP) is 0.159. The Labute approximate surface area is 137 Å². The van der Waals surface area contributed by atoms with Crippen LogP contribution in [0, 0.1) is 5.92 Å². The highest BCUT2D eigenvalue weighted by atomic mass is 32.1. The highest BCUT2D eigenvalue weighted by Gasteiger charge is 2.34. The fourth-order valence-corrected chi connectivity index (χ4v) is 4.03. The molecule has 0 saturated carbocycles. The van der Waals surface area contributed by atoms with Crippen LogP contribution in [0.25, 0.3) is 4.96 Å². The summed E-state index contributed by atoms with van der Waals surface area (Å²) in [4.78, 5) is 34.3. The van der Waals surface area contributed by atoms with Crippen LogP contribution in [0.4, 0.5) is 0 Å². The third-order valence-corrected chi connectivity index (χ3v) is 5.37. The smallest absolute Gasteiger partial charge is 0.271 e. The second-order valence-electron chi connectivity index (χ2n) is 6.24. The number of likely N-dealkylation sites (N-methyl/N-ethyl adjacent to an activating group) is 1. The first-order chi connectivity index (χ1) is 11.1. The van der Waals surface area contributed by atoms with Gasteiger partial charge in [0.15, 0.2) is 4.96 Å². The summed E-state index contributed by atoms with van der Waals surface area (Å²) in [5.41, 5.74) is -0.148. The highest BCUT2D eigenvalue weighted by molar-refractivity contribution is 7.15. The molecular formula is C15H18N4O3S. The quantitative estimate of drug-likeness (QED) is 0.743. The van der Waals surface area contributed by atoms with Crippen LogP contribution in [0.15, 0.2) is 22.6 Å². The molecule has 23 heavy (non-hydrogen) atoms. The molecule has 0 unspecified atom stereocenters. The summed E-state index contributed by atoms with van der Waals surface area (Å²) < 4.78 is 7.12. The summed E-state index contributed by atoms with van der Waals surface area (Å²) in [5.74, 6) is 0.0485. The first-order valence-electron chi connectivity index (χ1n) is 7.65. The van der Waals surface area contributed by atoms with Gasteiger partial charge >= 0.3 is 0 Å². The van der Waals surface area contributed by atoms with Crippen molar-refractivity contribution < 1.29 is 9.53 Å². The van der Waals surface area contributed by atoms with Crippen molar-refractivity contribution in [3.63, 3.8) is 0 Å². The first-order valence-corrected chi connectivity index (χ1v) is 8.53. The maximum absolute atomic E-state index is 12.9. The van der Waals surface area contributed by atoms with Crippen LogP contribution in [0.2, 0.25) is 0 Å². The first kappa shape index (κ1) is 14.8. The van der Waals surface area contributed by atoms with Gasteiger partial charge in [0, 0.05) is 43.3 Å². The topological polar surface area (TPSA) is 67.2 Å². The van der Waals surface area contributed by atoms with E-state index in [0.29, 0.717) is 31.3 Å². The largest absolute Gasteiger partial charge is 0.379 e. The fraction of sp³-hybridized carbons (Fsp3) is 0.533. The van der Waals surface area contributed by atoms with E-state index in [1.54, 1.807) is 16.5 Å². The molecule has 8 heteroatoms. The van der Waals surface area contributed by atoms with E-state index >= 15 is 0 Å². The van der Waals surface area contributed by atoms with Crippen LogP contribution in [-0.4, -0.2) is 71.0 Å². The third kappa shape index (κ3) is 2.56. The van der Waals surface area contributed by atoms with Crippen molar-refractivity contribution in [2.24, 2.45) is 5.92 Å². The monoisotopic (exact) mass is 334 g/mol. The average molecular weight is 334 g/mol. The Hall–Kier alpha value is -1.77. The van der Waals surface area contributed by atoms with Gasteiger partial charge in [0.1, 0.15) is 5.56 Å². The van der Waals surface area contributed by atoms with Crippen molar-refractivity contribution in [2.45, 2.75) is 6.04 Å². The maximum Gasteiger partial charge on any atom is 0.271 e. The Morgan fingerprint density at radius 3 is 3.09 bits per heavy atom. The zero-order valence-electron chi connectivity index (χ0n) is 12.8. The van der Waals surface area contributed by atoms with E-state index in [4.69, 9.17) is 4.74 Å². The summed E-state index contributed by atoms with van der Waals surface area (Å²) in [6, 6.07) is 0.173. The molecule has 2 fully saturated rings. The summed E-state index contributed by atoms with van der Waals surface area (Å²) >= 11 is 1.38. The zero-order chi connectivity index (χ0) is 16.0. The molecule has 1 amide bonds. The summed E-state index contributed by atoms with van der Waals surface area (Å²) in [7, 11) is 2.06. The molecule has 2 atom stereocenters. The van der Waals surface area contributed by atoms with E-state index in [-0.39, 0.29) is 29.0 Å². The lowest BCUT2D eigenvalue weighted by atomic mass is 10.1. The van der Waals surface area contributed by atoms with Crippen molar-refractivity contribution in [2.75, 3.05) is 39.9 Å². The Morgan fingerprint density at radius 2 is 2.22 bits per heavy atom. The fourth-order valence-electron chi connectivity index (χ4n) is 3.36. The number of rotatable bonds is 1. The molecule has 2 bridgehead atoms. The molecule has 2 aliphatic heterocycles. The molecule has 2 aromatic heterocycles. The Bertz CT molecular complexity index is 801. The normalized spacial score (nSPS) is 25.5. The summed E-state index contributed by atoms with van der Waals surface area (Å²) in [5, 5.41) is 1.79. The summed E-state index contributed by atoms with van der Waals surface area (Å²) in [6.07, 6.45) is 3.07. The molecule has 0 spiro atoms. The van der Waals surface area contributed by atoms with Gasteiger partial charge in [-0.15, -0.1) is 11.3 Å². The molecule has 2 aliphatic rings. The molecule has 122 valence electrons. The number of hydrogen-bond donors (Lipinski definition) is 0. The third-order valence-electron chi connectivity index (χ3n) is 4.60. The molecule has 0 N–H and O–H groups in total. The Balaban J connectivity index is 1.67. The van der Waals surface area contributed by atoms with E-state index in [2.05, 4.69) is 16.9 Å². The number of nitrogens with zero attached hydrogens (tertiary/aromatic N) is 4. The van der Waals surface area contributed by atoms with Gasteiger partial charge in [0.25, 0.3) is 11.5 Å². The van der Waals surface area contributed by atoms with Gasteiger partial charge in [-0.2, -0.15) is 0 Å². The molecule has 0 aromatic carbocycles. The number of thiazole rings is 1. The highest BCUT2D eigenvalue weighted by Crippen LogP contribution is 2.19. The summed E-state index contributed by atoms with van der Waals surface area (Å²) in [6.45, 7) is 3.39. The molecule has 2 saturated heterocycles. The molecule has 4 rings (SSSR count). The number of amides is 1. The van der Waals surface area contributed by atoms with E-state index in [1.165, 1.54) is 21.9 Å². The predicted molar refractivity (Wildman–Crippen MR) is 86.0 cm³/mol. The Kier molecular flexibility index (Phi) is 3.67. The van der Waals surface area contributed by atoms with Crippen molar-refractivity contribution in [1.29, 1.82) is 0 Å². The average Bonchev–Trinajstić information content (AvgIpc) is 2.85. The Morgan fingerprint density at radius 1 is 1.35 bits per heavy atom. The van der Waals surface area contributed by atoms with Gasteiger partial charge in [-0.05, 0) is 7.05 Å². The van der Waals surface area contributed by atoms with Crippen molar-refractivity contribution in [1.82, 2.24) is 19.2 Å². The minimum atomic E-state index is -0.291. The van der Waals surface area contributed by atoms with Crippen LogP contribution >= 0.6 is 11.3 Å². The van der Waals surface area contributed by atoms with Crippen LogP contribution in [0.3, 0.4) is 0 Å². The lowest BCUT2D eigenvalue weighted by Crippen LogP contribution is -2.46. The van der Waals surface area contributed by atoms with Crippen LogP contribution in [0.5, 0.6) is 0 Å². The number of carbonyl (C=O) groups excluding carboxylic acids is 1. The molecule has 0 aliphatic carbocycles. The maximum atomic E-state index is 12.9. The van der Waals surface area contributed by atoms with Gasteiger partial charge in [-0.1, -0.05) is 0 Å². The van der Waals surface area contributed by atoms with E-state index < -0.39 is 0 Å². The number of hydrogen-bond acceptors (Lipinski definition) is 6. The molecular weight excluding hydrogens is 316 g/mol. The van der Waals surface area contributed by atoms with Gasteiger partial charge < -0.3 is 9.64 Å². The second-order valence-corrected chi connectivity index (χ2v) is 7.11. The van der Waals surface area contributed by atoms with E-state index in [0.717, 1.165) is 6.54 Å². The van der Waals surface area contributed by atoms with Gasteiger partial charge in [0.05, 0.1) is 19.3 Å². The van der Waals surface area contributed by atoms with Crippen molar-refractivity contribution >= 4 is 22.2 Å². The molecule has 2 aromatic rings. The number of carbonyl (C=O) groups is 1. The molecule has 4 heterocycles. The second kappa shape index (κ2) is 5.70. The lowest BCUT2D eigenvalue weighted by molar-refractivity contribution is 0.0432. The number of ether oxygens (including phenoxy) is 1. The number of fused-ring (bicyclic) bond motifs is 4. The minimum Gasteiger partial charge on any atom is -0.379 e. The number of aromatic nitrogens is 2. The van der Waals surface area contributed by atoms with E-state index in [9.17, 15) is 9.59 Å². The SMILES string of the molecule is CN1C[C@H]2COC[C@@H]1CN(C(=O)c1cnc3sccn3c1=O)C2. The van der Waals surface area contributed by atoms with E-state index in [1.807, 2.05) is 0 Å². The van der Waals surface area contributed by atoms with Crippen LogP contribution in [0.1, 0.15) is 10.4 Å². The van der Waals surface area contributed by atoms with Gasteiger partial charge in [-0.25, -0.2) is 4.98 Å². The van der Waals surface area contributed by atoms with Crippen LogP contribution in [-0.2, 0) is 4.74 Å².